The molecule has 5 rings (SSSR count). The maximum atomic E-state index is 11.2. The van der Waals surface area contributed by atoms with Crippen molar-refractivity contribution in [3.05, 3.63) is 57.6 Å². The van der Waals surface area contributed by atoms with Crippen LogP contribution >= 0.6 is 0 Å². The van der Waals surface area contributed by atoms with Gasteiger partial charge in [0.05, 0.1) is 12.1 Å². The highest BCUT2D eigenvalue weighted by Gasteiger charge is 2.41. The molecule has 2 aromatic carbocycles. The monoisotopic (exact) mass is 572 g/mol. The molecule has 42 heavy (non-hydrogen) atoms. The number of hydrogen-bond donors (Lipinski definition) is 2. The van der Waals surface area contributed by atoms with E-state index in [1.54, 1.807) is 0 Å². The fourth-order valence-corrected chi connectivity index (χ4v) is 6.61. The summed E-state index contributed by atoms with van der Waals surface area (Å²) in [6.07, 6.45) is 8.28. The van der Waals surface area contributed by atoms with Crippen LogP contribution in [0.4, 0.5) is 0 Å². The molecule has 3 aliphatic carbocycles. The second-order valence-corrected chi connectivity index (χ2v) is 17.2. The lowest BCUT2D eigenvalue weighted by atomic mass is 9.65. The van der Waals surface area contributed by atoms with E-state index in [-0.39, 0.29) is 33.7 Å². The average molecular weight is 573 g/mol. The van der Waals surface area contributed by atoms with Crippen molar-refractivity contribution in [2.24, 2.45) is 21.8 Å². The van der Waals surface area contributed by atoms with Crippen molar-refractivity contribution in [1.29, 1.82) is 0 Å². The van der Waals surface area contributed by atoms with Crippen LogP contribution < -0.4 is 0 Å². The molecule has 230 valence electrons. The molecule has 0 spiro atoms. The van der Waals surface area contributed by atoms with Crippen molar-refractivity contribution in [2.75, 3.05) is 0 Å². The van der Waals surface area contributed by atoms with Crippen LogP contribution in [0.25, 0.3) is 0 Å². The molecule has 2 bridgehead atoms. The van der Waals surface area contributed by atoms with Gasteiger partial charge in [-0.3, -0.25) is 9.98 Å². The third-order valence-corrected chi connectivity index (χ3v) is 9.52. The van der Waals surface area contributed by atoms with E-state index in [1.807, 2.05) is 12.4 Å². The van der Waals surface area contributed by atoms with Crippen molar-refractivity contribution in [2.45, 2.75) is 143 Å². The molecular weight excluding hydrogens is 516 g/mol. The molecular formula is C38H56N2O2. The summed E-state index contributed by atoms with van der Waals surface area (Å²) in [5.74, 6) is 1.69. The lowest BCUT2D eigenvalue weighted by Gasteiger charge is -2.44. The lowest BCUT2D eigenvalue weighted by molar-refractivity contribution is 0.125. The van der Waals surface area contributed by atoms with Crippen LogP contribution in [0, 0.1) is 11.8 Å². The normalized spacial score (nSPS) is 23.8. The fourth-order valence-electron chi connectivity index (χ4n) is 6.61. The molecule has 0 amide bonds. The maximum absolute atomic E-state index is 11.2. The molecule has 4 heteroatoms. The Kier molecular flexibility index (Phi) is 8.57. The lowest BCUT2D eigenvalue weighted by Crippen LogP contribution is -2.42. The smallest absolute Gasteiger partial charge is 0.128 e. The van der Waals surface area contributed by atoms with Gasteiger partial charge in [0, 0.05) is 34.7 Å². The molecule has 0 radical (unpaired) electrons. The largest absolute Gasteiger partial charge is 0.507 e. The fraction of sp³-hybridized carbons (Fsp3) is 0.632. The molecule has 4 atom stereocenters. The molecule has 4 nitrogen and oxygen atoms in total. The van der Waals surface area contributed by atoms with Crippen LogP contribution in [0.15, 0.2) is 34.3 Å². The molecule has 0 saturated heterocycles. The van der Waals surface area contributed by atoms with Crippen molar-refractivity contribution < 1.29 is 10.2 Å². The first-order valence-corrected chi connectivity index (χ1v) is 16.0. The average Bonchev–Trinajstić information content (AvgIpc) is 2.85. The Morgan fingerprint density at radius 3 is 1.14 bits per heavy atom. The van der Waals surface area contributed by atoms with Gasteiger partial charge in [-0.25, -0.2) is 0 Å². The summed E-state index contributed by atoms with van der Waals surface area (Å²) >= 11 is 0. The second kappa shape index (κ2) is 11.1. The number of rotatable bonds is 4. The first-order valence-electron chi connectivity index (χ1n) is 16.0. The summed E-state index contributed by atoms with van der Waals surface area (Å²) in [6.45, 7) is 26.2. The third kappa shape index (κ3) is 6.95. The Morgan fingerprint density at radius 1 is 0.548 bits per heavy atom. The highest BCUT2D eigenvalue weighted by Crippen LogP contribution is 2.45. The topological polar surface area (TPSA) is 65.2 Å². The van der Waals surface area contributed by atoms with E-state index in [9.17, 15) is 10.2 Å². The van der Waals surface area contributed by atoms with E-state index in [0.29, 0.717) is 23.3 Å². The van der Waals surface area contributed by atoms with Crippen LogP contribution in [0.5, 0.6) is 11.5 Å². The van der Waals surface area contributed by atoms with Crippen molar-refractivity contribution in [3.8, 4) is 11.5 Å². The number of fused-ring (bicyclic) bond motifs is 3. The van der Waals surface area contributed by atoms with Crippen molar-refractivity contribution in [1.82, 2.24) is 0 Å². The van der Waals surface area contributed by atoms with Crippen molar-refractivity contribution >= 4 is 12.4 Å². The minimum absolute atomic E-state index is 0.0140. The van der Waals surface area contributed by atoms with Crippen molar-refractivity contribution in [3.63, 3.8) is 0 Å². The van der Waals surface area contributed by atoms with E-state index in [1.165, 1.54) is 24.0 Å². The summed E-state index contributed by atoms with van der Waals surface area (Å²) in [6, 6.07) is 9.08. The maximum Gasteiger partial charge on any atom is 0.128 e. The van der Waals surface area contributed by atoms with Gasteiger partial charge in [0.1, 0.15) is 11.5 Å². The van der Waals surface area contributed by atoms with Crippen LogP contribution in [-0.2, 0) is 21.7 Å². The molecule has 3 fully saturated rings. The molecule has 3 saturated carbocycles. The van der Waals surface area contributed by atoms with Gasteiger partial charge in [0.15, 0.2) is 0 Å². The first-order chi connectivity index (χ1) is 19.2. The van der Waals surface area contributed by atoms with E-state index in [4.69, 9.17) is 9.98 Å². The molecule has 0 aliphatic heterocycles. The van der Waals surface area contributed by atoms with Crippen LogP contribution in [0.2, 0.25) is 0 Å². The Bertz CT molecular complexity index is 1250. The van der Waals surface area contributed by atoms with Gasteiger partial charge in [-0.05, 0) is 82.4 Å². The number of aromatic hydroxyl groups is 2. The van der Waals surface area contributed by atoms with Gasteiger partial charge in [0.25, 0.3) is 0 Å². The zero-order valence-electron chi connectivity index (χ0n) is 28.4. The van der Waals surface area contributed by atoms with Gasteiger partial charge in [-0.15, -0.1) is 0 Å². The number of nitrogens with zero attached hydrogens (tertiary/aromatic N) is 2. The van der Waals surface area contributed by atoms with Gasteiger partial charge >= 0.3 is 0 Å². The highest BCUT2D eigenvalue weighted by molar-refractivity contribution is 5.86. The van der Waals surface area contributed by atoms with Gasteiger partial charge < -0.3 is 10.2 Å². The summed E-state index contributed by atoms with van der Waals surface area (Å²) in [7, 11) is 0. The zero-order valence-corrected chi connectivity index (χ0v) is 28.4. The predicted octanol–water partition coefficient (Wildman–Crippen LogP) is 9.38. The van der Waals surface area contributed by atoms with Crippen LogP contribution in [0.1, 0.15) is 142 Å². The van der Waals surface area contributed by atoms with E-state index >= 15 is 0 Å². The third-order valence-electron chi connectivity index (χ3n) is 9.52. The number of phenolic OH excluding ortho intramolecular Hbond substituents is 2. The Labute approximate surface area is 255 Å². The minimum Gasteiger partial charge on any atom is -0.507 e. The standard InChI is InChI=1S/C38H56N2O2/c1-35(2,3)27-15-25(33(41)29(19-27)37(7,8)9)21-39-31-17-24-14-13-23(31)18-32(24)40-22-26-16-28(36(4,5)6)20-30(34(26)42)38(10,11)12/h15-16,19-24,31-32,41-42H,13-14,17-18H2,1-12H3/t23-,24?,31?,32?/m0/s1. The molecule has 0 heterocycles. The Balaban J connectivity index is 1.57. The van der Waals surface area contributed by atoms with E-state index < -0.39 is 0 Å². The Hall–Kier alpha value is -2.62. The van der Waals surface area contributed by atoms with Gasteiger partial charge in [-0.2, -0.15) is 0 Å². The number of aliphatic imine (C=N–C) groups is 2. The van der Waals surface area contributed by atoms with E-state index in [2.05, 4.69) is 107 Å². The van der Waals surface area contributed by atoms with Gasteiger partial charge in [-0.1, -0.05) is 95.2 Å². The molecule has 2 N–H and O–H groups in total. The summed E-state index contributed by atoms with van der Waals surface area (Å²) < 4.78 is 0. The molecule has 3 aliphatic rings. The molecule has 3 unspecified atom stereocenters. The summed E-state index contributed by atoms with van der Waals surface area (Å²) in [5.41, 5.74) is 5.71. The first kappa shape index (κ1) is 32.3. The summed E-state index contributed by atoms with van der Waals surface area (Å²) in [4.78, 5) is 10.2. The van der Waals surface area contributed by atoms with Crippen LogP contribution in [0.3, 0.4) is 0 Å². The highest BCUT2D eigenvalue weighted by atomic mass is 16.3. The molecule has 0 aromatic heterocycles. The SMILES string of the molecule is CC(C)(C)c1cc(C=NC2C[C@@H]3CCC2CC3N=Cc2cc(C(C)(C)C)cc(C(C)(C)C)c2O)c(O)c(C(C)(C)C)c1. The quantitative estimate of drug-likeness (QED) is 0.358. The Morgan fingerprint density at radius 2 is 0.881 bits per heavy atom. The number of hydrogen-bond acceptors (Lipinski definition) is 4. The predicted molar refractivity (Wildman–Crippen MR) is 179 cm³/mol. The second-order valence-electron chi connectivity index (χ2n) is 17.2. The van der Waals surface area contributed by atoms with Crippen LogP contribution in [-0.4, -0.2) is 34.7 Å². The minimum atomic E-state index is -0.155. The zero-order chi connectivity index (χ0) is 31.4. The molecule has 2 aromatic rings. The number of benzene rings is 2. The van der Waals surface area contributed by atoms with E-state index in [0.717, 1.165) is 35.1 Å². The summed E-state index contributed by atoms with van der Waals surface area (Å²) in [5, 5.41) is 22.5. The number of phenols is 2. The van der Waals surface area contributed by atoms with Gasteiger partial charge in [0.2, 0.25) is 0 Å².